The Labute approximate surface area is 185 Å². The van der Waals surface area contributed by atoms with Gasteiger partial charge in [-0.1, -0.05) is 53.7 Å². The van der Waals surface area contributed by atoms with E-state index in [1.807, 2.05) is 36.4 Å². The first-order chi connectivity index (χ1) is 14.7. The van der Waals surface area contributed by atoms with Crippen molar-refractivity contribution in [1.82, 2.24) is 14.8 Å². The van der Waals surface area contributed by atoms with Crippen LogP contribution in [0.25, 0.3) is 0 Å². The SMILES string of the molecule is Cc1cc(C(F)(F)F)nc(SCC(=O)Nc2nn(Cc3ccccc3)cc2Cl)c1C#N. The molecule has 0 atom stereocenters. The van der Waals surface area contributed by atoms with Crippen molar-refractivity contribution in [2.75, 3.05) is 11.1 Å². The number of benzene rings is 1. The van der Waals surface area contributed by atoms with Gasteiger partial charge in [-0.2, -0.15) is 23.5 Å². The fourth-order valence-corrected chi connectivity index (χ4v) is 3.72. The van der Waals surface area contributed by atoms with Crippen LogP contribution in [0.1, 0.15) is 22.4 Å². The van der Waals surface area contributed by atoms with E-state index in [2.05, 4.69) is 15.4 Å². The molecular formula is C20H15ClF3N5OS. The van der Waals surface area contributed by atoms with Crippen LogP contribution in [-0.2, 0) is 17.5 Å². The Hall–Kier alpha value is -3.03. The van der Waals surface area contributed by atoms with Gasteiger partial charge in [0.1, 0.15) is 21.8 Å². The topological polar surface area (TPSA) is 83.6 Å². The van der Waals surface area contributed by atoms with E-state index in [1.54, 1.807) is 10.9 Å². The Kier molecular flexibility index (Phi) is 6.87. The summed E-state index contributed by atoms with van der Waals surface area (Å²) in [7, 11) is 0. The van der Waals surface area contributed by atoms with Crippen molar-refractivity contribution in [1.29, 1.82) is 5.26 Å². The van der Waals surface area contributed by atoms with Crippen LogP contribution in [0.15, 0.2) is 47.6 Å². The van der Waals surface area contributed by atoms with Crippen LogP contribution in [-0.4, -0.2) is 26.4 Å². The third kappa shape index (κ3) is 5.77. The molecule has 3 rings (SSSR count). The molecule has 160 valence electrons. The van der Waals surface area contributed by atoms with Crippen LogP contribution in [0.5, 0.6) is 0 Å². The van der Waals surface area contributed by atoms with E-state index in [0.717, 1.165) is 23.4 Å². The van der Waals surface area contributed by atoms with Gasteiger partial charge in [0, 0.05) is 6.20 Å². The first-order valence-electron chi connectivity index (χ1n) is 8.86. The molecule has 0 saturated carbocycles. The smallest absolute Gasteiger partial charge is 0.307 e. The van der Waals surface area contributed by atoms with Gasteiger partial charge >= 0.3 is 6.18 Å². The molecule has 2 heterocycles. The summed E-state index contributed by atoms with van der Waals surface area (Å²) in [4.78, 5) is 15.8. The van der Waals surface area contributed by atoms with Gasteiger partial charge in [0.15, 0.2) is 5.82 Å². The number of aromatic nitrogens is 3. The minimum atomic E-state index is -4.66. The van der Waals surface area contributed by atoms with E-state index in [4.69, 9.17) is 11.6 Å². The van der Waals surface area contributed by atoms with Crippen LogP contribution in [0.3, 0.4) is 0 Å². The Morgan fingerprint density at radius 1 is 1.32 bits per heavy atom. The maximum Gasteiger partial charge on any atom is 0.433 e. The van der Waals surface area contributed by atoms with Crippen LogP contribution >= 0.6 is 23.4 Å². The van der Waals surface area contributed by atoms with Gasteiger partial charge in [-0.25, -0.2) is 4.98 Å². The molecule has 31 heavy (non-hydrogen) atoms. The number of amides is 1. The summed E-state index contributed by atoms with van der Waals surface area (Å²) in [6.45, 7) is 1.84. The van der Waals surface area contributed by atoms with Gasteiger partial charge in [0.25, 0.3) is 0 Å². The van der Waals surface area contributed by atoms with Crippen molar-refractivity contribution in [3.8, 4) is 6.07 Å². The normalized spacial score (nSPS) is 11.2. The predicted molar refractivity (Wildman–Crippen MR) is 111 cm³/mol. The highest BCUT2D eigenvalue weighted by Gasteiger charge is 2.34. The summed E-state index contributed by atoms with van der Waals surface area (Å²) in [6.07, 6.45) is -3.10. The molecule has 0 radical (unpaired) electrons. The number of pyridine rings is 1. The molecular weight excluding hydrogens is 451 g/mol. The average Bonchev–Trinajstić information content (AvgIpc) is 3.04. The first kappa shape index (κ1) is 22.7. The number of anilines is 1. The summed E-state index contributed by atoms with van der Waals surface area (Å²) < 4.78 is 40.6. The lowest BCUT2D eigenvalue weighted by Gasteiger charge is -2.11. The second-order valence-electron chi connectivity index (χ2n) is 6.46. The molecule has 0 aliphatic heterocycles. The van der Waals surface area contributed by atoms with Crippen LogP contribution in [0.4, 0.5) is 19.0 Å². The van der Waals surface area contributed by atoms with Crippen LogP contribution in [0.2, 0.25) is 5.02 Å². The molecule has 0 unspecified atom stereocenters. The molecule has 0 saturated heterocycles. The number of nitrogens with one attached hydrogen (secondary N) is 1. The maximum atomic E-state index is 13.0. The Morgan fingerprint density at radius 3 is 2.68 bits per heavy atom. The number of thioether (sulfide) groups is 1. The quantitative estimate of drug-likeness (QED) is 0.523. The fraction of sp³-hybridized carbons (Fsp3) is 0.200. The second kappa shape index (κ2) is 9.41. The van der Waals surface area contributed by atoms with E-state index in [0.29, 0.717) is 6.54 Å². The summed E-state index contributed by atoms with van der Waals surface area (Å²) in [5.74, 6) is -0.681. The van der Waals surface area contributed by atoms with E-state index in [1.165, 1.54) is 6.92 Å². The van der Waals surface area contributed by atoms with Crippen molar-refractivity contribution in [3.05, 3.63) is 70.0 Å². The third-order valence-electron chi connectivity index (χ3n) is 4.09. The monoisotopic (exact) mass is 465 g/mol. The minimum Gasteiger partial charge on any atom is -0.307 e. The highest BCUT2D eigenvalue weighted by atomic mass is 35.5. The lowest BCUT2D eigenvalue weighted by Crippen LogP contribution is -2.16. The van der Waals surface area contributed by atoms with Gasteiger partial charge in [0.05, 0.1) is 17.9 Å². The van der Waals surface area contributed by atoms with Gasteiger partial charge in [-0.15, -0.1) is 0 Å². The van der Waals surface area contributed by atoms with Crippen molar-refractivity contribution in [2.45, 2.75) is 24.7 Å². The first-order valence-corrected chi connectivity index (χ1v) is 10.2. The molecule has 1 N–H and O–H groups in total. The van der Waals surface area contributed by atoms with Crippen molar-refractivity contribution in [2.24, 2.45) is 0 Å². The molecule has 2 aromatic heterocycles. The lowest BCUT2D eigenvalue weighted by molar-refractivity contribution is -0.141. The zero-order valence-electron chi connectivity index (χ0n) is 16.1. The fourth-order valence-electron chi connectivity index (χ4n) is 2.66. The number of hydrogen-bond acceptors (Lipinski definition) is 5. The Bertz CT molecular complexity index is 1140. The number of hydrogen-bond donors (Lipinski definition) is 1. The second-order valence-corrected chi connectivity index (χ2v) is 7.83. The lowest BCUT2D eigenvalue weighted by atomic mass is 10.1. The number of rotatable bonds is 6. The minimum absolute atomic E-state index is 0.00373. The number of halogens is 4. The van der Waals surface area contributed by atoms with Crippen molar-refractivity contribution >= 4 is 35.1 Å². The van der Waals surface area contributed by atoms with E-state index >= 15 is 0 Å². The largest absolute Gasteiger partial charge is 0.433 e. The molecule has 6 nitrogen and oxygen atoms in total. The number of aryl methyl sites for hydroxylation is 1. The third-order valence-corrected chi connectivity index (χ3v) is 5.34. The average molecular weight is 466 g/mol. The standard InChI is InChI=1S/C20H15ClF3N5OS/c1-12-7-16(20(22,23)24)26-19(14(12)8-25)31-11-17(30)27-18-15(21)10-29(28-18)9-13-5-3-2-4-6-13/h2-7,10H,9,11H2,1H3,(H,27,28,30). The number of nitriles is 1. The maximum absolute atomic E-state index is 13.0. The zero-order valence-corrected chi connectivity index (χ0v) is 17.6. The van der Waals surface area contributed by atoms with Crippen LogP contribution < -0.4 is 5.32 Å². The van der Waals surface area contributed by atoms with Crippen molar-refractivity contribution in [3.63, 3.8) is 0 Å². The van der Waals surface area contributed by atoms with E-state index < -0.39 is 17.8 Å². The molecule has 1 amide bonds. The molecule has 11 heteroatoms. The number of nitrogens with zero attached hydrogens (tertiary/aromatic N) is 4. The molecule has 0 aliphatic rings. The molecule has 0 aliphatic carbocycles. The van der Waals surface area contributed by atoms with E-state index in [-0.39, 0.29) is 32.7 Å². The van der Waals surface area contributed by atoms with Crippen LogP contribution in [0, 0.1) is 18.3 Å². The predicted octanol–water partition coefficient (Wildman–Crippen LogP) is 4.91. The van der Waals surface area contributed by atoms with Crippen molar-refractivity contribution < 1.29 is 18.0 Å². The Balaban J connectivity index is 1.68. The molecule has 3 aromatic rings. The molecule has 0 spiro atoms. The van der Waals surface area contributed by atoms with Gasteiger partial charge in [-0.3, -0.25) is 9.48 Å². The number of carbonyl (C=O) groups excluding carboxylic acids is 1. The highest BCUT2D eigenvalue weighted by molar-refractivity contribution is 8.00. The Morgan fingerprint density at radius 2 is 2.03 bits per heavy atom. The molecule has 0 fully saturated rings. The summed E-state index contributed by atoms with van der Waals surface area (Å²) in [5.41, 5.74) is 0.00568. The summed E-state index contributed by atoms with van der Waals surface area (Å²) in [5, 5.41) is 16.0. The van der Waals surface area contributed by atoms with Gasteiger partial charge in [0.2, 0.25) is 5.91 Å². The van der Waals surface area contributed by atoms with E-state index in [9.17, 15) is 23.2 Å². The molecule has 1 aromatic carbocycles. The zero-order chi connectivity index (χ0) is 22.6. The summed E-state index contributed by atoms with van der Waals surface area (Å²) >= 11 is 6.86. The highest BCUT2D eigenvalue weighted by Crippen LogP contribution is 2.32. The molecule has 0 bridgehead atoms. The summed E-state index contributed by atoms with van der Waals surface area (Å²) in [6, 6.07) is 12.1. The van der Waals surface area contributed by atoms with Gasteiger partial charge < -0.3 is 5.32 Å². The number of carbonyl (C=O) groups is 1. The number of alkyl halides is 3. The van der Waals surface area contributed by atoms with Gasteiger partial charge in [-0.05, 0) is 24.1 Å².